The minimum Gasteiger partial charge on any atom is -0.302 e. The molecule has 0 atom stereocenters. The zero-order valence-corrected chi connectivity index (χ0v) is 15.9. The number of benzene rings is 1. The van der Waals surface area contributed by atoms with E-state index in [9.17, 15) is 0 Å². The highest BCUT2D eigenvalue weighted by atomic mass is 79.9. The highest BCUT2D eigenvalue weighted by Gasteiger charge is 2.12. The SMILES string of the molecule is Cc1ccc(C)n1-c1cc(Br)n(-c2ccc(-c3cnn(C)c3)cc2)n1. The van der Waals surface area contributed by atoms with Gasteiger partial charge in [0.05, 0.1) is 11.9 Å². The highest BCUT2D eigenvalue weighted by molar-refractivity contribution is 9.10. The summed E-state index contributed by atoms with van der Waals surface area (Å²) < 4.78 is 6.78. The van der Waals surface area contributed by atoms with Crippen molar-refractivity contribution >= 4 is 15.9 Å². The number of rotatable bonds is 3. The molecule has 0 unspecified atom stereocenters. The minimum atomic E-state index is 0.906. The van der Waals surface area contributed by atoms with E-state index in [2.05, 4.69) is 75.8 Å². The normalized spacial score (nSPS) is 11.2. The fraction of sp³-hybridized carbons (Fsp3) is 0.158. The van der Waals surface area contributed by atoms with Crippen molar-refractivity contribution in [3.63, 3.8) is 0 Å². The fourth-order valence-electron chi connectivity index (χ4n) is 3.03. The van der Waals surface area contributed by atoms with Crippen LogP contribution in [0, 0.1) is 13.8 Å². The van der Waals surface area contributed by atoms with Gasteiger partial charge in [-0.1, -0.05) is 12.1 Å². The molecule has 0 N–H and O–H groups in total. The van der Waals surface area contributed by atoms with Crippen molar-refractivity contribution in [2.75, 3.05) is 0 Å². The van der Waals surface area contributed by atoms with Crippen LogP contribution in [0.25, 0.3) is 22.6 Å². The maximum Gasteiger partial charge on any atom is 0.160 e. The van der Waals surface area contributed by atoms with E-state index in [1.165, 1.54) is 11.4 Å². The smallest absolute Gasteiger partial charge is 0.160 e. The van der Waals surface area contributed by atoms with E-state index in [1.54, 1.807) is 4.68 Å². The molecule has 0 amide bonds. The minimum absolute atomic E-state index is 0.906. The van der Waals surface area contributed by atoms with Crippen LogP contribution < -0.4 is 0 Å². The van der Waals surface area contributed by atoms with Gasteiger partial charge in [-0.2, -0.15) is 5.10 Å². The average Bonchev–Trinajstić information content (AvgIpc) is 3.27. The summed E-state index contributed by atoms with van der Waals surface area (Å²) in [6, 6.07) is 14.6. The lowest BCUT2D eigenvalue weighted by molar-refractivity contribution is 0.768. The van der Waals surface area contributed by atoms with Crippen molar-refractivity contribution in [3.05, 3.63) is 70.8 Å². The Hall–Kier alpha value is -2.60. The molecule has 0 aliphatic rings. The summed E-state index contributed by atoms with van der Waals surface area (Å²) in [4.78, 5) is 0. The van der Waals surface area contributed by atoms with Gasteiger partial charge in [0.2, 0.25) is 0 Å². The molecule has 0 radical (unpaired) electrons. The van der Waals surface area contributed by atoms with Gasteiger partial charge in [0.25, 0.3) is 0 Å². The molecule has 5 nitrogen and oxygen atoms in total. The van der Waals surface area contributed by atoms with Gasteiger partial charge in [0, 0.05) is 36.3 Å². The van der Waals surface area contributed by atoms with Crippen molar-refractivity contribution in [2.24, 2.45) is 7.05 Å². The second kappa shape index (κ2) is 6.04. The van der Waals surface area contributed by atoms with Gasteiger partial charge >= 0.3 is 0 Å². The lowest BCUT2D eigenvalue weighted by Crippen LogP contribution is -2.02. The van der Waals surface area contributed by atoms with Crippen molar-refractivity contribution < 1.29 is 0 Å². The second-order valence-corrected chi connectivity index (χ2v) is 6.95. The first-order chi connectivity index (χ1) is 12.0. The Bertz CT molecular complexity index is 1020. The summed E-state index contributed by atoms with van der Waals surface area (Å²) >= 11 is 3.63. The Morgan fingerprint density at radius 1 is 0.920 bits per heavy atom. The molecule has 0 aliphatic heterocycles. The van der Waals surface area contributed by atoms with Crippen molar-refractivity contribution in [1.29, 1.82) is 0 Å². The fourth-order valence-corrected chi connectivity index (χ4v) is 3.52. The van der Waals surface area contributed by atoms with Crippen LogP contribution in [-0.2, 0) is 7.05 Å². The topological polar surface area (TPSA) is 40.6 Å². The molecule has 0 spiro atoms. The van der Waals surface area contributed by atoms with E-state index < -0.39 is 0 Å². The quantitative estimate of drug-likeness (QED) is 0.514. The monoisotopic (exact) mass is 395 g/mol. The Balaban J connectivity index is 1.71. The van der Waals surface area contributed by atoms with E-state index in [1.807, 2.05) is 30.2 Å². The Kier molecular flexibility index (Phi) is 3.84. The summed E-state index contributed by atoms with van der Waals surface area (Å²) in [7, 11) is 1.92. The Labute approximate surface area is 154 Å². The molecule has 126 valence electrons. The lowest BCUT2D eigenvalue weighted by Gasteiger charge is -2.06. The van der Waals surface area contributed by atoms with E-state index in [4.69, 9.17) is 5.10 Å². The van der Waals surface area contributed by atoms with Crippen LogP contribution >= 0.6 is 15.9 Å². The summed E-state index contributed by atoms with van der Waals surface area (Å²) in [5.74, 6) is 0.906. The Morgan fingerprint density at radius 3 is 2.20 bits per heavy atom. The summed E-state index contributed by atoms with van der Waals surface area (Å²) in [6.45, 7) is 4.17. The van der Waals surface area contributed by atoms with Gasteiger partial charge in [-0.05, 0) is 59.6 Å². The summed E-state index contributed by atoms with van der Waals surface area (Å²) in [6.07, 6.45) is 3.88. The molecule has 0 fully saturated rings. The molecule has 6 heteroatoms. The van der Waals surface area contributed by atoms with Gasteiger partial charge < -0.3 is 4.57 Å². The highest BCUT2D eigenvalue weighted by Crippen LogP contribution is 2.25. The van der Waals surface area contributed by atoms with E-state index in [0.717, 1.165) is 27.2 Å². The molecule has 4 rings (SSSR count). The molecule has 25 heavy (non-hydrogen) atoms. The third kappa shape index (κ3) is 2.82. The maximum absolute atomic E-state index is 4.77. The molecule has 0 bridgehead atoms. The maximum atomic E-state index is 4.77. The Morgan fingerprint density at radius 2 is 1.60 bits per heavy atom. The molecule has 3 heterocycles. The van der Waals surface area contributed by atoms with Crippen LogP contribution in [0.15, 0.2) is 59.5 Å². The molecular weight excluding hydrogens is 378 g/mol. The first-order valence-electron chi connectivity index (χ1n) is 8.03. The van der Waals surface area contributed by atoms with Crippen molar-refractivity contribution in [1.82, 2.24) is 24.1 Å². The number of nitrogens with zero attached hydrogens (tertiary/aromatic N) is 5. The van der Waals surface area contributed by atoms with E-state index in [0.29, 0.717) is 0 Å². The number of halogens is 1. The first-order valence-corrected chi connectivity index (χ1v) is 8.82. The largest absolute Gasteiger partial charge is 0.302 e. The molecule has 0 aliphatic carbocycles. The van der Waals surface area contributed by atoms with Crippen LogP contribution in [0.2, 0.25) is 0 Å². The van der Waals surface area contributed by atoms with Crippen LogP contribution in [0.3, 0.4) is 0 Å². The summed E-state index contributed by atoms with van der Waals surface area (Å²) in [5, 5.41) is 8.99. The van der Waals surface area contributed by atoms with Gasteiger partial charge in [-0.25, -0.2) is 4.68 Å². The first kappa shape index (κ1) is 15.9. The third-order valence-electron chi connectivity index (χ3n) is 4.30. The zero-order valence-electron chi connectivity index (χ0n) is 14.3. The number of aromatic nitrogens is 5. The van der Waals surface area contributed by atoms with Crippen LogP contribution in [0.5, 0.6) is 0 Å². The zero-order chi connectivity index (χ0) is 17.6. The van der Waals surface area contributed by atoms with Gasteiger partial charge in [0.15, 0.2) is 5.82 Å². The molecule has 0 saturated heterocycles. The molecule has 4 aromatic rings. The van der Waals surface area contributed by atoms with E-state index >= 15 is 0 Å². The number of hydrogen-bond donors (Lipinski definition) is 0. The standard InChI is InChI=1S/C19H18BrN5/c1-13-4-5-14(2)24(13)19-10-18(20)25(22-19)17-8-6-15(7-9-17)16-11-21-23(3)12-16/h4-12H,1-3H3. The number of aryl methyl sites for hydroxylation is 3. The number of hydrogen-bond acceptors (Lipinski definition) is 2. The van der Waals surface area contributed by atoms with Gasteiger partial charge in [0.1, 0.15) is 4.60 Å². The molecular formula is C19H18BrN5. The van der Waals surface area contributed by atoms with Crippen LogP contribution in [0.1, 0.15) is 11.4 Å². The molecule has 3 aromatic heterocycles. The van der Waals surface area contributed by atoms with Crippen molar-refractivity contribution in [3.8, 4) is 22.6 Å². The van der Waals surface area contributed by atoms with Crippen molar-refractivity contribution in [2.45, 2.75) is 13.8 Å². The van der Waals surface area contributed by atoms with Crippen LogP contribution in [0.4, 0.5) is 0 Å². The van der Waals surface area contributed by atoms with E-state index in [-0.39, 0.29) is 0 Å². The third-order valence-corrected chi connectivity index (χ3v) is 4.87. The molecule has 1 aromatic carbocycles. The van der Waals surface area contributed by atoms with Crippen LogP contribution in [-0.4, -0.2) is 24.1 Å². The predicted octanol–water partition coefficient (Wildman–Crippen LogP) is 4.44. The average molecular weight is 396 g/mol. The van der Waals surface area contributed by atoms with Gasteiger partial charge in [-0.3, -0.25) is 4.68 Å². The molecule has 0 saturated carbocycles. The second-order valence-electron chi connectivity index (χ2n) is 6.14. The summed E-state index contributed by atoms with van der Waals surface area (Å²) in [5.41, 5.74) is 5.58. The predicted molar refractivity (Wildman–Crippen MR) is 102 cm³/mol. The van der Waals surface area contributed by atoms with Gasteiger partial charge in [-0.15, -0.1) is 5.10 Å². The lowest BCUT2D eigenvalue weighted by atomic mass is 10.1.